The van der Waals surface area contributed by atoms with Crippen molar-refractivity contribution in [3.05, 3.63) is 18.2 Å². The zero-order chi connectivity index (χ0) is 16.9. The number of aromatic nitrogens is 1. The minimum atomic E-state index is -0.0780. The van der Waals surface area contributed by atoms with Crippen LogP contribution in [0.15, 0.2) is 18.2 Å². The second-order valence-electron chi connectivity index (χ2n) is 5.52. The van der Waals surface area contributed by atoms with Gasteiger partial charge in [-0.3, -0.25) is 4.79 Å². The van der Waals surface area contributed by atoms with Crippen LogP contribution < -0.4 is 15.5 Å². The first kappa shape index (κ1) is 17.1. The van der Waals surface area contributed by atoms with Crippen molar-refractivity contribution >= 4 is 55.6 Å². The summed E-state index contributed by atoms with van der Waals surface area (Å²) in [6.07, 6.45) is 1.25. The topological polar surface area (TPSA) is 66.5 Å². The highest BCUT2D eigenvalue weighted by Gasteiger charge is 2.13. The normalized spacial score (nSPS) is 14.6. The van der Waals surface area contributed by atoms with Gasteiger partial charge in [-0.25, -0.2) is 4.98 Å². The van der Waals surface area contributed by atoms with Gasteiger partial charge in [0.1, 0.15) is 0 Å². The maximum absolute atomic E-state index is 11.6. The van der Waals surface area contributed by atoms with Gasteiger partial charge >= 0.3 is 0 Å². The standard InChI is InChI=1S/C16H20N4O2S2/c1-2-3-14(21)18-15(23)19-16-17-12-5-4-11(10-13(12)24-16)20-6-8-22-9-7-20/h4-5,10H,2-3,6-9H2,1H3,(H2,17,18,19,21,23). The molecule has 24 heavy (non-hydrogen) atoms. The van der Waals surface area contributed by atoms with Crippen molar-refractivity contribution in [3.63, 3.8) is 0 Å². The van der Waals surface area contributed by atoms with E-state index >= 15 is 0 Å². The Morgan fingerprint density at radius 3 is 2.96 bits per heavy atom. The van der Waals surface area contributed by atoms with Gasteiger partial charge in [-0.2, -0.15) is 0 Å². The Morgan fingerprint density at radius 2 is 2.21 bits per heavy atom. The largest absolute Gasteiger partial charge is 0.378 e. The van der Waals surface area contributed by atoms with E-state index in [1.54, 1.807) is 0 Å². The fourth-order valence-electron chi connectivity index (χ4n) is 2.53. The van der Waals surface area contributed by atoms with E-state index in [1.165, 1.54) is 17.0 Å². The number of anilines is 2. The first-order chi connectivity index (χ1) is 11.7. The molecule has 2 N–H and O–H groups in total. The SMILES string of the molecule is CCCC(=O)NC(=S)Nc1nc2ccc(N3CCOCC3)cc2s1. The number of amides is 1. The summed E-state index contributed by atoms with van der Waals surface area (Å²) in [7, 11) is 0. The van der Waals surface area contributed by atoms with E-state index in [-0.39, 0.29) is 5.91 Å². The minimum absolute atomic E-state index is 0.0780. The summed E-state index contributed by atoms with van der Waals surface area (Å²) in [4.78, 5) is 18.4. The minimum Gasteiger partial charge on any atom is -0.378 e. The average Bonchev–Trinajstić information content (AvgIpc) is 2.96. The van der Waals surface area contributed by atoms with Crippen LogP contribution >= 0.6 is 23.6 Å². The van der Waals surface area contributed by atoms with E-state index in [0.717, 1.165) is 42.9 Å². The molecule has 0 atom stereocenters. The monoisotopic (exact) mass is 364 g/mol. The zero-order valence-electron chi connectivity index (χ0n) is 13.5. The van der Waals surface area contributed by atoms with Crippen LogP contribution in [0.4, 0.5) is 10.8 Å². The highest BCUT2D eigenvalue weighted by molar-refractivity contribution is 7.80. The Hall–Kier alpha value is -1.77. The molecule has 1 aromatic carbocycles. The smallest absolute Gasteiger partial charge is 0.226 e. The predicted molar refractivity (Wildman–Crippen MR) is 102 cm³/mol. The highest BCUT2D eigenvalue weighted by Crippen LogP contribution is 2.30. The number of ether oxygens (including phenoxy) is 1. The second-order valence-corrected chi connectivity index (χ2v) is 6.96. The van der Waals surface area contributed by atoms with E-state index in [9.17, 15) is 4.79 Å². The summed E-state index contributed by atoms with van der Waals surface area (Å²) in [5.74, 6) is -0.0780. The van der Waals surface area contributed by atoms with Gasteiger partial charge in [-0.05, 0) is 36.8 Å². The quantitative estimate of drug-likeness (QED) is 0.813. The molecule has 0 aliphatic carbocycles. The van der Waals surface area contributed by atoms with Crippen molar-refractivity contribution in [2.75, 3.05) is 36.5 Å². The summed E-state index contributed by atoms with van der Waals surface area (Å²) >= 11 is 6.69. The zero-order valence-corrected chi connectivity index (χ0v) is 15.1. The third kappa shape index (κ3) is 4.19. The second kappa shape index (κ2) is 7.87. The van der Waals surface area contributed by atoms with E-state index in [4.69, 9.17) is 17.0 Å². The summed E-state index contributed by atoms with van der Waals surface area (Å²) in [6, 6.07) is 6.24. The van der Waals surface area contributed by atoms with Gasteiger partial charge in [0.15, 0.2) is 10.2 Å². The van der Waals surface area contributed by atoms with Crippen LogP contribution in [0.2, 0.25) is 0 Å². The van der Waals surface area contributed by atoms with E-state index in [2.05, 4.69) is 32.7 Å². The van der Waals surface area contributed by atoms with Crippen LogP contribution in [0.3, 0.4) is 0 Å². The van der Waals surface area contributed by atoms with Gasteiger partial charge in [0.25, 0.3) is 0 Å². The molecule has 0 bridgehead atoms. The molecule has 1 aliphatic rings. The van der Waals surface area contributed by atoms with Gasteiger partial charge in [-0.1, -0.05) is 18.3 Å². The molecule has 1 saturated heterocycles. The number of rotatable bonds is 4. The molecule has 1 aromatic heterocycles. The van der Waals surface area contributed by atoms with Crippen molar-refractivity contribution in [2.45, 2.75) is 19.8 Å². The summed E-state index contributed by atoms with van der Waals surface area (Å²) in [5.41, 5.74) is 2.10. The van der Waals surface area contributed by atoms with Crippen LogP contribution in [-0.2, 0) is 9.53 Å². The van der Waals surface area contributed by atoms with Crippen LogP contribution in [-0.4, -0.2) is 42.3 Å². The van der Waals surface area contributed by atoms with Crippen LogP contribution in [0, 0.1) is 0 Å². The first-order valence-electron chi connectivity index (χ1n) is 8.00. The van der Waals surface area contributed by atoms with Crippen LogP contribution in [0.1, 0.15) is 19.8 Å². The maximum Gasteiger partial charge on any atom is 0.226 e. The Bertz CT molecular complexity index is 741. The molecule has 128 valence electrons. The number of carbonyl (C=O) groups excluding carboxylic acids is 1. The number of morpholine rings is 1. The highest BCUT2D eigenvalue weighted by atomic mass is 32.1. The van der Waals surface area contributed by atoms with Crippen molar-refractivity contribution in [1.82, 2.24) is 10.3 Å². The molecule has 3 rings (SSSR count). The van der Waals surface area contributed by atoms with Crippen LogP contribution in [0.5, 0.6) is 0 Å². The van der Waals surface area contributed by atoms with Gasteiger partial charge in [0.05, 0.1) is 23.4 Å². The average molecular weight is 364 g/mol. The fraction of sp³-hybridized carbons (Fsp3) is 0.438. The fourth-order valence-corrected chi connectivity index (χ4v) is 3.71. The number of nitrogens with zero attached hydrogens (tertiary/aromatic N) is 2. The molecule has 1 aliphatic heterocycles. The Kier molecular flexibility index (Phi) is 5.60. The molecule has 0 radical (unpaired) electrons. The number of carbonyl (C=O) groups is 1. The molecule has 0 spiro atoms. The Labute approximate surface area is 150 Å². The molecule has 0 unspecified atom stereocenters. The summed E-state index contributed by atoms with van der Waals surface area (Å²) < 4.78 is 6.48. The van der Waals surface area contributed by atoms with E-state index in [0.29, 0.717) is 16.7 Å². The first-order valence-corrected chi connectivity index (χ1v) is 9.22. The lowest BCUT2D eigenvalue weighted by Crippen LogP contribution is -2.36. The van der Waals surface area contributed by atoms with Crippen molar-refractivity contribution in [2.24, 2.45) is 0 Å². The van der Waals surface area contributed by atoms with Crippen LogP contribution in [0.25, 0.3) is 10.2 Å². The van der Waals surface area contributed by atoms with E-state index < -0.39 is 0 Å². The molecule has 2 heterocycles. The third-order valence-electron chi connectivity index (χ3n) is 3.70. The maximum atomic E-state index is 11.6. The predicted octanol–water partition coefficient (Wildman–Crippen LogP) is 2.75. The Balaban J connectivity index is 1.69. The number of benzene rings is 1. The van der Waals surface area contributed by atoms with Crippen molar-refractivity contribution in [1.29, 1.82) is 0 Å². The Morgan fingerprint density at radius 1 is 1.42 bits per heavy atom. The molecule has 6 nitrogen and oxygen atoms in total. The molecule has 2 aromatic rings. The van der Waals surface area contributed by atoms with Crippen molar-refractivity contribution < 1.29 is 9.53 Å². The number of thiocarbonyl (C=S) groups is 1. The summed E-state index contributed by atoms with van der Waals surface area (Å²) in [5, 5.41) is 6.63. The number of fused-ring (bicyclic) bond motifs is 1. The molecule has 8 heteroatoms. The lowest BCUT2D eigenvalue weighted by molar-refractivity contribution is -0.119. The van der Waals surface area contributed by atoms with Gasteiger partial charge in [0, 0.05) is 25.2 Å². The van der Waals surface area contributed by atoms with E-state index in [1.807, 2.05) is 13.0 Å². The number of hydrogen-bond acceptors (Lipinski definition) is 6. The number of hydrogen-bond donors (Lipinski definition) is 2. The molecule has 0 saturated carbocycles. The molecular formula is C16H20N4O2S2. The van der Waals surface area contributed by atoms with Crippen molar-refractivity contribution in [3.8, 4) is 0 Å². The summed E-state index contributed by atoms with van der Waals surface area (Å²) in [6.45, 7) is 5.29. The molecular weight excluding hydrogens is 344 g/mol. The third-order valence-corrected chi connectivity index (χ3v) is 4.84. The lowest BCUT2D eigenvalue weighted by Gasteiger charge is -2.28. The van der Waals surface area contributed by atoms with Gasteiger partial charge < -0.3 is 20.3 Å². The molecule has 1 fully saturated rings. The molecule has 1 amide bonds. The van der Waals surface area contributed by atoms with Gasteiger partial charge in [-0.15, -0.1) is 0 Å². The van der Waals surface area contributed by atoms with Gasteiger partial charge in [0.2, 0.25) is 5.91 Å². The number of thiazole rings is 1. The lowest BCUT2D eigenvalue weighted by atomic mass is 10.2. The number of nitrogens with one attached hydrogen (secondary N) is 2.